The van der Waals surface area contributed by atoms with Crippen molar-refractivity contribution >= 4 is 23.5 Å². The lowest BCUT2D eigenvalue weighted by atomic mass is 10.1. The molecule has 2 amide bonds. The summed E-state index contributed by atoms with van der Waals surface area (Å²) in [6, 6.07) is 12.9. The highest BCUT2D eigenvalue weighted by atomic mass is 16.2. The molecule has 0 saturated carbocycles. The van der Waals surface area contributed by atoms with E-state index in [1.54, 1.807) is 37.4 Å². The molecule has 0 unspecified atom stereocenters. The highest BCUT2D eigenvalue weighted by molar-refractivity contribution is 5.94. The first kappa shape index (κ1) is 17.4. The minimum absolute atomic E-state index is 0.138. The van der Waals surface area contributed by atoms with Gasteiger partial charge in [-0.25, -0.2) is 4.98 Å². The fourth-order valence-electron chi connectivity index (χ4n) is 2.58. The Labute approximate surface area is 151 Å². The lowest BCUT2D eigenvalue weighted by molar-refractivity contribution is -0.116. The second-order valence-corrected chi connectivity index (χ2v) is 5.88. The SMILES string of the molecule is CNC(=O)c1ccc(/C=C\C(=O)NCc2cn3c(C)cccc3n2)cc1. The van der Waals surface area contributed by atoms with E-state index in [0.29, 0.717) is 12.1 Å². The Bertz CT molecular complexity index is 971. The molecular formula is C20H20N4O2. The predicted octanol–water partition coefficient (Wildman–Crippen LogP) is 2.33. The average molecular weight is 348 g/mol. The standard InChI is InChI=1S/C20H20N4O2/c1-14-4-3-5-18-23-17(13-24(14)18)12-22-19(25)11-8-15-6-9-16(10-7-15)20(26)21-2/h3-11,13H,12H2,1-2H3,(H,21,26)(H,22,25)/b11-8-. The summed E-state index contributed by atoms with van der Waals surface area (Å²) < 4.78 is 1.99. The molecule has 1 aromatic carbocycles. The van der Waals surface area contributed by atoms with Crippen molar-refractivity contribution in [2.75, 3.05) is 7.05 Å². The third-order valence-electron chi connectivity index (χ3n) is 4.02. The quantitative estimate of drug-likeness (QED) is 0.695. The van der Waals surface area contributed by atoms with Gasteiger partial charge in [-0.3, -0.25) is 9.59 Å². The Balaban J connectivity index is 1.58. The van der Waals surface area contributed by atoms with Gasteiger partial charge in [-0.05, 0) is 42.8 Å². The topological polar surface area (TPSA) is 75.5 Å². The van der Waals surface area contributed by atoms with Crippen LogP contribution in [0.15, 0.2) is 54.7 Å². The number of nitrogens with one attached hydrogen (secondary N) is 2. The lowest BCUT2D eigenvalue weighted by Crippen LogP contribution is -2.20. The van der Waals surface area contributed by atoms with Crippen LogP contribution in [0.3, 0.4) is 0 Å². The van der Waals surface area contributed by atoms with Gasteiger partial charge in [0, 0.05) is 30.6 Å². The molecule has 2 N–H and O–H groups in total. The van der Waals surface area contributed by atoms with Crippen LogP contribution in [0, 0.1) is 6.92 Å². The fourth-order valence-corrected chi connectivity index (χ4v) is 2.58. The molecule has 2 aromatic heterocycles. The summed E-state index contributed by atoms with van der Waals surface area (Å²) in [5.74, 6) is -0.338. The molecule has 26 heavy (non-hydrogen) atoms. The largest absolute Gasteiger partial charge is 0.355 e. The van der Waals surface area contributed by atoms with Gasteiger partial charge in [0.1, 0.15) is 5.65 Å². The van der Waals surface area contributed by atoms with E-state index in [1.807, 2.05) is 35.7 Å². The number of carbonyl (C=O) groups excluding carboxylic acids is 2. The van der Waals surface area contributed by atoms with Gasteiger partial charge in [0.15, 0.2) is 0 Å². The molecule has 0 radical (unpaired) electrons. The van der Waals surface area contributed by atoms with Crippen molar-refractivity contribution in [1.29, 1.82) is 0 Å². The summed E-state index contributed by atoms with van der Waals surface area (Å²) in [5.41, 5.74) is 4.18. The Morgan fingerprint density at radius 2 is 1.92 bits per heavy atom. The van der Waals surface area contributed by atoms with Crippen molar-refractivity contribution in [2.45, 2.75) is 13.5 Å². The molecule has 3 aromatic rings. The van der Waals surface area contributed by atoms with Gasteiger partial charge in [-0.15, -0.1) is 0 Å². The van der Waals surface area contributed by atoms with Crippen LogP contribution in [-0.2, 0) is 11.3 Å². The van der Waals surface area contributed by atoms with Crippen molar-refractivity contribution in [3.8, 4) is 0 Å². The first-order valence-corrected chi connectivity index (χ1v) is 8.28. The smallest absolute Gasteiger partial charge is 0.251 e. The van der Waals surface area contributed by atoms with Crippen molar-refractivity contribution in [3.05, 3.63) is 77.3 Å². The number of aromatic nitrogens is 2. The summed E-state index contributed by atoms with van der Waals surface area (Å²) in [7, 11) is 1.59. The molecule has 0 fully saturated rings. The minimum Gasteiger partial charge on any atom is -0.355 e. The number of benzene rings is 1. The normalized spacial score (nSPS) is 11.0. The zero-order valence-electron chi connectivity index (χ0n) is 14.7. The Morgan fingerprint density at radius 3 is 2.62 bits per heavy atom. The van der Waals surface area contributed by atoms with Crippen LogP contribution in [0.5, 0.6) is 0 Å². The molecule has 0 aliphatic carbocycles. The predicted molar refractivity (Wildman–Crippen MR) is 101 cm³/mol. The van der Waals surface area contributed by atoms with Gasteiger partial charge in [-0.2, -0.15) is 0 Å². The molecular weight excluding hydrogens is 328 g/mol. The maximum Gasteiger partial charge on any atom is 0.251 e. The molecule has 3 rings (SSSR count). The van der Waals surface area contributed by atoms with Crippen molar-refractivity contribution in [3.63, 3.8) is 0 Å². The van der Waals surface area contributed by atoms with E-state index in [1.165, 1.54) is 6.08 Å². The van der Waals surface area contributed by atoms with Gasteiger partial charge in [0.2, 0.25) is 5.91 Å². The first-order valence-electron chi connectivity index (χ1n) is 8.28. The van der Waals surface area contributed by atoms with Crippen molar-refractivity contribution < 1.29 is 9.59 Å². The number of hydrogen-bond donors (Lipinski definition) is 2. The summed E-state index contributed by atoms with van der Waals surface area (Å²) in [6.07, 6.45) is 5.10. The van der Waals surface area contributed by atoms with E-state index in [0.717, 1.165) is 22.6 Å². The van der Waals surface area contributed by atoms with Crippen LogP contribution in [0.25, 0.3) is 11.7 Å². The molecule has 0 aliphatic heterocycles. The van der Waals surface area contributed by atoms with Gasteiger partial charge in [0.05, 0.1) is 12.2 Å². The summed E-state index contributed by atoms with van der Waals surface area (Å²) in [5, 5.41) is 5.39. The van der Waals surface area contributed by atoms with Crippen LogP contribution in [0.1, 0.15) is 27.3 Å². The van der Waals surface area contributed by atoms with Crippen LogP contribution in [0.2, 0.25) is 0 Å². The van der Waals surface area contributed by atoms with E-state index < -0.39 is 0 Å². The fraction of sp³-hybridized carbons (Fsp3) is 0.150. The number of nitrogens with zero attached hydrogens (tertiary/aromatic N) is 2. The summed E-state index contributed by atoms with van der Waals surface area (Å²) >= 11 is 0. The molecule has 0 spiro atoms. The second kappa shape index (κ2) is 7.65. The highest BCUT2D eigenvalue weighted by Crippen LogP contribution is 2.09. The molecule has 132 valence electrons. The zero-order chi connectivity index (χ0) is 18.5. The Morgan fingerprint density at radius 1 is 1.15 bits per heavy atom. The number of imidazole rings is 1. The van der Waals surface area contributed by atoms with Crippen molar-refractivity contribution in [2.24, 2.45) is 0 Å². The van der Waals surface area contributed by atoms with E-state index in [4.69, 9.17) is 0 Å². The van der Waals surface area contributed by atoms with Crippen LogP contribution < -0.4 is 10.6 Å². The van der Waals surface area contributed by atoms with Crippen LogP contribution in [0.4, 0.5) is 0 Å². The van der Waals surface area contributed by atoms with E-state index in [-0.39, 0.29) is 11.8 Å². The highest BCUT2D eigenvalue weighted by Gasteiger charge is 2.04. The number of hydrogen-bond acceptors (Lipinski definition) is 3. The summed E-state index contributed by atoms with van der Waals surface area (Å²) in [4.78, 5) is 28.0. The summed E-state index contributed by atoms with van der Waals surface area (Å²) in [6.45, 7) is 2.37. The number of carbonyl (C=O) groups is 2. The molecule has 6 nitrogen and oxygen atoms in total. The van der Waals surface area contributed by atoms with E-state index >= 15 is 0 Å². The van der Waals surface area contributed by atoms with E-state index in [2.05, 4.69) is 15.6 Å². The maximum atomic E-state index is 12.0. The Hall–Kier alpha value is -3.41. The van der Waals surface area contributed by atoms with Crippen molar-refractivity contribution in [1.82, 2.24) is 20.0 Å². The van der Waals surface area contributed by atoms with Gasteiger partial charge in [0.25, 0.3) is 5.91 Å². The molecule has 2 heterocycles. The van der Waals surface area contributed by atoms with Gasteiger partial charge >= 0.3 is 0 Å². The number of pyridine rings is 1. The minimum atomic E-state index is -0.200. The van der Waals surface area contributed by atoms with Crippen LogP contribution in [-0.4, -0.2) is 28.2 Å². The molecule has 0 atom stereocenters. The zero-order valence-corrected chi connectivity index (χ0v) is 14.7. The monoisotopic (exact) mass is 348 g/mol. The Kier molecular flexibility index (Phi) is 5.12. The lowest BCUT2D eigenvalue weighted by Gasteiger charge is -2.00. The molecule has 6 heteroatoms. The number of fused-ring (bicyclic) bond motifs is 1. The van der Waals surface area contributed by atoms with Crippen LogP contribution >= 0.6 is 0 Å². The number of aryl methyl sites for hydroxylation is 1. The van der Waals surface area contributed by atoms with Gasteiger partial charge in [-0.1, -0.05) is 18.2 Å². The first-order chi connectivity index (χ1) is 12.6. The van der Waals surface area contributed by atoms with Gasteiger partial charge < -0.3 is 15.0 Å². The third-order valence-corrected chi connectivity index (χ3v) is 4.02. The number of amides is 2. The third kappa shape index (κ3) is 3.97. The average Bonchev–Trinajstić information content (AvgIpc) is 3.09. The van der Waals surface area contributed by atoms with E-state index in [9.17, 15) is 9.59 Å². The molecule has 0 bridgehead atoms. The number of rotatable bonds is 5. The molecule has 0 aliphatic rings. The molecule has 0 saturated heterocycles. The maximum absolute atomic E-state index is 12.0. The second-order valence-electron chi connectivity index (χ2n) is 5.88.